The minimum atomic E-state index is -0.0344. The standard InChI is InChI=1S/C27H25ClN6O/c1-18-5-7-20(8-6-18)25-26(21-9-11-29-16-22(21)28)32-23(17-31-25)33-12-14-34(15-13-33)27(35)24-19(2)4-3-10-30-24/h3-11,16-17H,12-15H2,1-2H3. The van der Waals surface area contributed by atoms with E-state index < -0.39 is 0 Å². The maximum Gasteiger partial charge on any atom is 0.272 e. The fourth-order valence-electron chi connectivity index (χ4n) is 4.21. The van der Waals surface area contributed by atoms with Crippen LogP contribution in [0.4, 0.5) is 5.82 Å². The van der Waals surface area contributed by atoms with Gasteiger partial charge in [0.1, 0.15) is 17.2 Å². The molecular formula is C27H25ClN6O. The fourth-order valence-corrected chi connectivity index (χ4v) is 4.42. The van der Waals surface area contributed by atoms with Crippen LogP contribution in [-0.2, 0) is 0 Å². The van der Waals surface area contributed by atoms with Crippen LogP contribution >= 0.6 is 11.6 Å². The molecule has 0 spiro atoms. The van der Waals surface area contributed by atoms with Crippen LogP contribution in [0.5, 0.6) is 0 Å². The van der Waals surface area contributed by atoms with E-state index >= 15 is 0 Å². The van der Waals surface area contributed by atoms with Crippen molar-refractivity contribution in [1.29, 1.82) is 0 Å². The monoisotopic (exact) mass is 484 g/mol. The number of hydrogen-bond donors (Lipinski definition) is 0. The van der Waals surface area contributed by atoms with E-state index in [4.69, 9.17) is 21.6 Å². The molecule has 0 bridgehead atoms. The van der Waals surface area contributed by atoms with E-state index in [9.17, 15) is 4.79 Å². The first-order chi connectivity index (χ1) is 17.0. The van der Waals surface area contributed by atoms with Gasteiger partial charge in [-0.3, -0.25) is 19.7 Å². The summed E-state index contributed by atoms with van der Waals surface area (Å²) in [6.07, 6.45) is 6.79. The van der Waals surface area contributed by atoms with Crippen LogP contribution in [0.15, 0.2) is 67.3 Å². The Morgan fingerprint density at radius 3 is 2.37 bits per heavy atom. The molecule has 1 aromatic carbocycles. The van der Waals surface area contributed by atoms with E-state index in [1.165, 1.54) is 5.56 Å². The van der Waals surface area contributed by atoms with Crippen LogP contribution < -0.4 is 4.90 Å². The van der Waals surface area contributed by atoms with Crippen LogP contribution in [0.1, 0.15) is 21.6 Å². The van der Waals surface area contributed by atoms with Gasteiger partial charge in [0, 0.05) is 55.9 Å². The molecule has 1 aliphatic rings. The highest BCUT2D eigenvalue weighted by Crippen LogP contribution is 2.34. The molecule has 0 atom stereocenters. The first-order valence-electron chi connectivity index (χ1n) is 11.5. The third-order valence-electron chi connectivity index (χ3n) is 6.22. The average molecular weight is 485 g/mol. The summed E-state index contributed by atoms with van der Waals surface area (Å²) in [7, 11) is 0. The van der Waals surface area contributed by atoms with Gasteiger partial charge in [-0.2, -0.15) is 0 Å². The van der Waals surface area contributed by atoms with Gasteiger partial charge in [0.05, 0.1) is 16.9 Å². The molecule has 1 aliphatic heterocycles. The molecule has 4 aromatic rings. The topological polar surface area (TPSA) is 75.1 Å². The van der Waals surface area contributed by atoms with Crippen molar-refractivity contribution in [3.05, 3.63) is 89.1 Å². The Morgan fingerprint density at radius 2 is 1.66 bits per heavy atom. The molecule has 1 saturated heterocycles. The quantitative estimate of drug-likeness (QED) is 0.413. The predicted octanol–water partition coefficient (Wildman–Crippen LogP) is 4.83. The smallest absolute Gasteiger partial charge is 0.272 e. The number of amides is 1. The predicted molar refractivity (Wildman–Crippen MR) is 138 cm³/mol. The number of hydrogen-bond acceptors (Lipinski definition) is 6. The molecule has 176 valence electrons. The maximum atomic E-state index is 13.0. The van der Waals surface area contributed by atoms with Gasteiger partial charge in [0.15, 0.2) is 0 Å². The van der Waals surface area contributed by atoms with Crippen LogP contribution in [0, 0.1) is 13.8 Å². The lowest BCUT2D eigenvalue weighted by Crippen LogP contribution is -2.49. The number of carbonyl (C=O) groups excluding carboxylic acids is 1. The third-order valence-corrected chi connectivity index (χ3v) is 6.52. The molecule has 0 radical (unpaired) electrons. The Kier molecular flexibility index (Phi) is 6.42. The van der Waals surface area contributed by atoms with E-state index in [-0.39, 0.29) is 5.91 Å². The van der Waals surface area contributed by atoms with E-state index in [1.54, 1.807) is 24.8 Å². The first kappa shape index (κ1) is 22.9. The number of halogens is 1. The van der Waals surface area contributed by atoms with E-state index in [2.05, 4.69) is 33.9 Å². The highest BCUT2D eigenvalue weighted by Gasteiger charge is 2.25. The fraction of sp³-hybridized carbons (Fsp3) is 0.222. The number of anilines is 1. The SMILES string of the molecule is Cc1ccc(-c2ncc(N3CCN(C(=O)c4ncccc4C)CC3)nc2-c2ccncc2Cl)cc1. The molecule has 4 heterocycles. The lowest BCUT2D eigenvalue weighted by Gasteiger charge is -2.35. The third kappa shape index (κ3) is 4.72. The highest BCUT2D eigenvalue weighted by molar-refractivity contribution is 6.33. The second kappa shape index (κ2) is 9.80. The molecule has 7 nitrogen and oxygen atoms in total. The Hall–Kier alpha value is -3.84. The Bertz CT molecular complexity index is 1370. The number of aryl methyl sites for hydroxylation is 2. The second-order valence-corrected chi connectivity index (χ2v) is 9.00. The average Bonchev–Trinajstić information content (AvgIpc) is 2.89. The van der Waals surface area contributed by atoms with Gasteiger partial charge in [-0.05, 0) is 31.5 Å². The van der Waals surface area contributed by atoms with Crippen LogP contribution in [0.3, 0.4) is 0 Å². The van der Waals surface area contributed by atoms with Crippen molar-refractivity contribution in [2.24, 2.45) is 0 Å². The van der Waals surface area contributed by atoms with Crippen LogP contribution in [-0.4, -0.2) is 56.9 Å². The Morgan fingerprint density at radius 1 is 0.886 bits per heavy atom. The minimum Gasteiger partial charge on any atom is -0.352 e. The van der Waals surface area contributed by atoms with Gasteiger partial charge in [-0.1, -0.05) is 47.5 Å². The van der Waals surface area contributed by atoms with Gasteiger partial charge >= 0.3 is 0 Å². The maximum absolute atomic E-state index is 13.0. The molecule has 0 N–H and O–H groups in total. The summed E-state index contributed by atoms with van der Waals surface area (Å²) in [5.74, 6) is 0.720. The summed E-state index contributed by atoms with van der Waals surface area (Å²) < 4.78 is 0. The number of benzene rings is 1. The number of nitrogens with zero attached hydrogens (tertiary/aromatic N) is 6. The molecule has 0 aliphatic carbocycles. The van der Waals surface area contributed by atoms with E-state index in [0.717, 1.165) is 28.2 Å². The minimum absolute atomic E-state index is 0.0344. The van der Waals surface area contributed by atoms with Crippen molar-refractivity contribution in [2.45, 2.75) is 13.8 Å². The number of carbonyl (C=O) groups is 1. The van der Waals surface area contributed by atoms with Gasteiger partial charge in [0.25, 0.3) is 5.91 Å². The molecule has 35 heavy (non-hydrogen) atoms. The lowest BCUT2D eigenvalue weighted by atomic mass is 10.0. The molecule has 3 aromatic heterocycles. The summed E-state index contributed by atoms with van der Waals surface area (Å²) in [6.45, 7) is 6.44. The van der Waals surface area contributed by atoms with Gasteiger partial charge in [-0.25, -0.2) is 4.98 Å². The largest absolute Gasteiger partial charge is 0.352 e. The van der Waals surface area contributed by atoms with Gasteiger partial charge in [-0.15, -0.1) is 0 Å². The van der Waals surface area contributed by atoms with Gasteiger partial charge in [0.2, 0.25) is 0 Å². The molecule has 5 rings (SSSR count). The summed E-state index contributed by atoms with van der Waals surface area (Å²) in [5.41, 5.74) is 5.80. The molecule has 0 saturated carbocycles. The highest BCUT2D eigenvalue weighted by atomic mass is 35.5. The van der Waals surface area contributed by atoms with E-state index in [0.29, 0.717) is 42.6 Å². The van der Waals surface area contributed by atoms with Gasteiger partial charge < -0.3 is 9.80 Å². The normalized spacial score (nSPS) is 13.7. The van der Waals surface area contributed by atoms with Crippen molar-refractivity contribution >= 4 is 23.3 Å². The summed E-state index contributed by atoms with van der Waals surface area (Å²) >= 11 is 6.51. The first-order valence-corrected chi connectivity index (χ1v) is 11.9. The zero-order valence-electron chi connectivity index (χ0n) is 19.6. The number of pyridine rings is 2. The molecule has 8 heteroatoms. The summed E-state index contributed by atoms with van der Waals surface area (Å²) in [4.78, 5) is 35.2. The van der Waals surface area contributed by atoms with Crippen molar-refractivity contribution in [3.8, 4) is 22.5 Å². The number of rotatable bonds is 4. The van der Waals surface area contributed by atoms with Crippen molar-refractivity contribution in [1.82, 2.24) is 24.8 Å². The summed E-state index contributed by atoms with van der Waals surface area (Å²) in [6, 6.07) is 13.8. The van der Waals surface area contributed by atoms with Crippen molar-refractivity contribution < 1.29 is 4.79 Å². The molecule has 1 amide bonds. The zero-order valence-corrected chi connectivity index (χ0v) is 20.4. The molecular weight excluding hydrogens is 460 g/mol. The van der Waals surface area contributed by atoms with Crippen LogP contribution in [0.2, 0.25) is 5.02 Å². The Labute approximate surface area is 209 Å². The van der Waals surface area contributed by atoms with Crippen LogP contribution in [0.25, 0.3) is 22.5 Å². The van der Waals surface area contributed by atoms with E-state index in [1.807, 2.05) is 42.2 Å². The number of aromatic nitrogens is 4. The number of piperazine rings is 1. The zero-order chi connectivity index (χ0) is 24.4. The van der Waals surface area contributed by atoms with Crippen molar-refractivity contribution in [2.75, 3.05) is 31.1 Å². The second-order valence-electron chi connectivity index (χ2n) is 8.60. The lowest BCUT2D eigenvalue weighted by molar-refractivity contribution is 0.0740. The molecule has 0 unspecified atom stereocenters. The van der Waals surface area contributed by atoms with Crippen molar-refractivity contribution in [3.63, 3.8) is 0 Å². The molecule has 1 fully saturated rings. The summed E-state index contributed by atoms with van der Waals surface area (Å²) in [5, 5.41) is 0.522. The Balaban J connectivity index is 1.43.